The van der Waals surface area contributed by atoms with E-state index < -0.39 is 0 Å². The van der Waals surface area contributed by atoms with Crippen molar-refractivity contribution in [3.8, 4) is 0 Å². The number of carbonyl (C=O) groups is 2. The lowest BCUT2D eigenvalue weighted by Gasteiger charge is -2.43. The number of carbonyl (C=O) groups excluding carboxylic acids is 2. The van der Waals surface area contributed by atoms with Crippen molar-refractivity contribution >= 4 is 23.2 Å². The molecule has 9 nitrogen and oxygen atoms in total. The van der Waals surface area contributed by atoms with Gasteiger partial charge in [-0.05, 0) is 73.9 Å². The highest BCUT2D eigenvalue weighted by atomic mass is 16.2. The molecule has 0 spiro atoms. The SMILES string of the molecule is Cc1cc(Cn2cc(C(=O)CC3CCc4nc(N)ccc43)nn2)ccc1N1CCN2CCCCC2C1=O. The Labute approximate surface area is 216 Å². The molecule has 2 atom stereocenters. The Kier molecular flexibility index (Phi) is 6.24. The minimum absolute atomic E-state index is 0.00665. The number of anilines is 2. The summed E-state index contributed by atoms with van der Waals surface area (Å²) in [5, 5.41) is 8.37. The van der Waals surface area contributed by atoms with Crippen molar-refractivity contribution < 1.29 is 9.59 Å². The number of nitrogen functional groups attached to an aromatic ring is 1. The van der Waals surface area contributed by atoms with Gasteiger partial charge in [0.25, 0.3) is 0 Å². The lowest BCUT2D eigenvalue weighted by molar-refractivity contribution is -0.127. The normalized spacial score (nSPS) is 21.6. The first-order valence-corrected chi connectivity index (χ1v) is 13.3. The zero-order valence-corrected chi connectivity index (χ0v) is 21.3. The first-order chi connectivity index (χ1) is 18.0. The third-order valence-electron chi connectivity index (χ3n) is 8.13. The van der Waals surface area contributed by atoms with Gasteiger partial charge in [0.1, 0.15) is 11.5 Å². The molecule has 3 aromatic rings. The molecule has 1 amide bonds. The molecule has 2 N–H and O–H groups in total. The van der Waals surface area contributed by atoms with E-state index in [0.717, 1.165) is 73.4 Å². The van der Waals surface area contributed by atoms with Gasteiger partial charge in [-0.25, -0.2) is 9.67 Å². The predicted molar refractivity (Wildman–Crippen MR) is 141 cm³/mol. The molecule has 9 heteroatoms. The van der Waals surface area contributed by atoms with Crippen LogP contribution in [0.25, 0.3) is 0 Å². The fraction of sp³-hybridized carbons (Fsp3) is 0.464. The summed E-state index contributed by atoms with van der Waals surface area (Å²) in [6.07, 6.45) is 7.15. The van der Waals surface area contributed by atoms with Crippen molar-refractivity contribution in [3.63, 3.8) is 0 Å². The number of nitrogens with zero attached hydrogens (tertiary/aromatic N) is 6. The number of rotatable bonds is 6. The number of hydrogen-bond donors (Lipinski definition) is 1. The molecule has 192 valence electrons. The van der Waals surface area contributed by atoms with Gasteiger partial charge in [-0.15, -0.1) is 5.10 Å². The van der Waals surface area contributed by atoms with Crippen LogP contribution < -0.4 is 10.6 Å². The quantitative estimate of drug-likeness (QED) is 0.519. The van der Waals surface area contributed by atoms with Crippen molar-refractivity contribution in [2.24, 2.45) is 0 Å². The molecule has 0 radical (unpaired) electrons. The molecular formula is C28H33N7O2. The van der Waals surface area contributed by atoms with Crippen LogP contribution in [0.5, 0.6) is 0 Å². The van der Waals surface area contributed by atoms with Gasteiger partial charge >= 0.3 is 0 Å². The first kappa shape index (κ1) is 23.8. The first-order valence-electron chi connectivity index (χ1n) is 13.3. The zero-order valence-electron chi connectivity index (χ0n) is 21.3. The van der Waals surface area contributed by atoms with Crippen LogP contribution in [0.4, 0.5) is 11.5 Å². The van der Waals surface area contributed by atoms with E-state index in [1.54, 1.807) is 16.9 Å². The number of piperazine rings is 1. The Morgan fingerprint density at radius 2 is 2.00 bits per heavy atom. The van der Waals surface area contributed by atoms with Crippen LogP contribution in [0, 0.1) is 6.92 Å². The van der Waals surface area contributed by atoms with Crippen molar-refractivity contribution in [2.75, 3.05) is 30.3 Å². The van der Waals surface area contributed by atoms with E-state index in [1.165, 1.54) is 6.42 Å². The summed E-state index contributed by atoms with van der Waals surface area (Å²) in [6, 6.07) is 10.0. The Morgan fingerprint density at radius 3 is 2.86 bits per heavy atom. The third kappa shape index (κ3) is 4.64. The average molecular weight is 500 g/mol. The van der Waals surface area contributed by atoms with E-state index in [4.69, 9.17) is 5.73 Å². The summed E-state index contributed by atoms with van der Waals surface area (Å²) < 4.78 is 1.71. The maximum atomic E-state index is 13.2. The monoisotopic (exact) mass is 499 g/mol. The maximum absolute atomic E-state index is 13.2. The van der Waals surface area contributed by atoms with Crippen LogP contribution in [0.15, 0.2) is 36.5 Å². The summed E-state index contributed by atoms with van der Waals surface area (Å²) in [5.41, 5.74) is 11.4. The highest BCUT2D eigenvalue weighted by Crippen LogP contribution is 2.35. The van der Waals surface area contributed by atoms with Gasteiger partial charge in [0.05, 0.1) is 18.8 Å². The molecule has 3 aliphatic rings. The Morgan fingerprint density at radius 1 is 1.11 bits per heavy atom. The van der Waals surface area contributed by atoms with Gasteiger partial charge in [0.2, 0.25) is 5.91 Å². The third-order valence-corrected chi connectivity index (χ3v) is 8.13. The van der Waals surface area contributed by atoms with Crippen LogP contribution in [0.2, 0.25) is 0 Å². The fourth-order valence-corrected chi connectivity index (χ4v) is 6.21. The molecule has 2 fully saturated rings. The minimum atomic E-state index is -0.00665. The van der Waals surface area contributed by atoms with Gasteiger partial charge in [0.15, 0.2) is 5.78 Å². The van der Waals surface area contributed by atoms with E-state index >= 15 is 0 Å². The lowest BCUT2D eigenvalue weighted by Crippen LogP contribution is -2.58. The Bertz CT molecular complexity index is 1350. The number of hydrogen-bond acceptors (Lipinski definition) is 7. The van der Waals surface area contributed by atoms with Crippen LogP contribution >= 0.6 is 0 Å². The predicted octanol–water partition coefficient (Wildman–Crippen LogP) is 3.12. The number of pyridine rings is 1. The zero-order chi connectivity index (χ0) is 25.5. The van der Waals surface area contributed by atoms with Crippen molar-refractivity contribution in [1.29, 1.82) is 0 Å². The molecule has 1 aliphatic carbocycles. The van der Waals surface area contributed by atoms with E-state index in [-0.39, 0.29) is 23.7 Å². The van der Waals surface area contributed by atoms with Crippen LogP contribution in [0.3, 0.4) is 0 Å². The molecule has 2 unspecified atom stereocenters. The number of aryl methyl sites for hydroxylation is 2. The summed E-state index contributed by atoms with van der Waals surface area (Å²) in [4.78, 5) is 34.8. The molecule has 0 bridgehead atoms. The molecule has 0 saturated carbocycles. The van der Waals surface area contributed by atoms with E-state index in [0.29, 0.717) is 24.5 Å². The summed E-state index contributed by atoms with van der Waals surface area (Å²) in [7, 11) is 0. The molecule has 2 saturated heterocycles. The largest absolute Gasteiger partial charge is 0.384 e. The second-order valence-electron chi connectivity index (χ2n) is 10.6. The van der Waals surface area contributed by atoms with Crippen molar-refractivity contribution in [3.05, 3.63) is 64.6 Å². The molecule has 4 heterocycles. The van der Waals surface area contributed by atoms with Crippen LogP contribution in [-0.2, 0) is 17.8 Å². The molecule has 6 rings (SSSR count). The van der Waals surface area contributed by atoms with Crippen LogP contribution in [-0.4, -0.2) is 62.2 Å². The Hall–Kier alpha value is -3.59. The van der Waals surface area contributed by atoms with Gasteiger partial charge in [-0.1, -0.05) is 29.8 Å². The molecule has 2 aromatic heterocycles. The van der Waals surface area contributed by atoms with Gasteiger partial charge < -0.3 is 10.6 Å². The molecule has 37 heavy (non-hydrogen) atoms. The van der Waals surface area contributed by atoms with E-state index in [9.17, 15) is 9.59 Å². The molecule has 2 aliphatic heterocycles. The second-order valence-corrected chi connectivity index (χ2v) is 10.6. The highest BCUT2D eigenvalue weighted by Gasteiger charge is 2.37. The summed E-state index contributed by atoms with van der Waals surface area (Å²) in [5.74, 6) is 0.891. The minimum Gasteiger partial charge on any atom is -0.384 e. The highest BCUT2D eigenvalue weighted by molar-refractivity contribution is 5.98. The van der Waals surface area contributed by atoms with E-state index in [2.05, 4.69) is 33.2 Å². The number of benzene rings is 1. The number of piperidine rings is 1. The Balaban J connectivity index is 1.11. The smallest absolute Gasteiger partial charge is 0.244 e. The van der Waals surface area contributed by atoms with E-state index in [1.807, 2.05) is 23.1 Å². The standard InChI is InChI=1S/C28H33N7O2/c1-18-14-19(5-9-24(18)35-13-12-33-11-3-2-4-25(33)28(35)37)16-34-17-23(31-32-34)26(36)15-20-6-8-22-21(20)7-10-27(29)30-22/h5,7,9-10,14,17,20,25H,2-4,6,8,11-13,15-16H2,1H3,(H2,29,30). The maximum Gasteiger partial charge on any atom is 0.244 e. The van der Waals surface area contributed by atoms with Crippen LogP contribution in [0.1, 0.15) is 70.9 Å². The average Bonchev–Trinajstić information content (AvgIpc) is 3.52. The second kappa shape index (κ2) is 9.70. The van der Waals surface area contributed by atoms with Gasteiger partial charge in [0, 0.05) is 30.9 Å². The number of fused-ring (bicyclic) bond motifs is 2. The van der Waals surface area contributed by atoms with Crippen molar-refractivity contribution in [1.82, 2.24) is 24.9 Å². The topological polar surface area (TPSA) is 110 Å². The van der Waals surface area contributed by atoms with Crippen molar-refractivity contribution in [2.45, 2.75) is 64.0 Å². The number of ketones is 1. The summed E-state index contributed by atoms with van der Waals surface area (Å²) in [6.45, 7) is 5.27. The lowest BCUT2D eigenvalue weighted by atomic mass is 9.95. The summed E-state index contributed by atoms with van der Waals surface area (Å²) >= 11 is 0. The van der Waals surface area contributed by atoms with Gasteiger partial charge in [-0.3, -0.25) is 14.5 Å². The molecule has 1 aromatic carbocycles. The number of aromatic nitrogens is 4. The molecular weight excluding hydrogens is 466 g/mol. The number of amides is 1. The number of Topliss-reactive ketones (excluding diaryl/α,β-unsaturated/α-hetero) is 1. The fourth-order valence-electron chi connectivity index (χ4n) is 6.21. The van der Waals surface area contributed by atoms with Gasteiger partial charge in [-0.2, -0.15) is 0 Å². The number of nitrogens with two attached hydrogens (primary N) is 1.